The normalized spacial score (nSPS) is 30.6. The van der Waals surface area contributed by atoms with Gasteiger partial charge in [0.15, 0.2) is 0 Å². The fraction of sp³-hybridized carbons (Fsp3) is 0.875. The number of hydrogen-bond acceptors (Lipinski definition) is 2. The van der Waals surface area contributed by atoms with Gasteiger partial charge in [-0.1, -0.05) is 26.2 Å². The Morgan fingerprint density at radius 3 is 2.20 bits per heavy atom. The summed E-state index contributed by atoms with van der Waals surface area (Å²) in [5, 5.41) is 9.39. The summed E-state index contributed by atoms with van der Waals surface area (Å²) in [6, 6.07) is 0.350. The van der Waals surface area contributed by atoms with Crippen LogP contribution in [0.4, 0.5) is 0 Å². The first-order valence-corrected chi connectivity index (χ1v) is 8.11. The number of rotatable bonds is 5. The molecule has 0 aliphatic heterocycles. The fourth-order valence-corrected chi connectivity index (χ4v) is 4.05. The van der Waals surface area contributed by atoms with Gasteiger partial charge in [-0.2, -0.15) is 0 Å². The van der Waals surface area contributed by atoms with E-state index in [4.69, 9.17) is 0 Å². The second-order valence-corrected chi connectivity index (χ2v) is 6.36. The van der Waals surface area contributed by atoms with Crippen molar-refractivity contribution < 1.29 is 14.7 Å². The van der Waals surface area contributed by atoms with Gasteiger partial charge in [0.2, 0.25) is 5.91 Å². The zero-order valence-electron chi connectivity index (χ0n) is 12.7. The van der Waals surface area contributed by atoms with Crippen molar-refractivity contribution in [1.29, 1.82) is 0 Å². The monoisotopic (exact) mass is 281 g/mol. The highest BCUT2D eigenvalue weighted by molar-refractivity contribution is 5.85. The summed E-state index contributed by atoms with van der Waals surface area (Å²) in [4.78, 5) is 26.2. The molecule has 114 valence electrons. The Morgan fingerprint density at radius 1 is 1.10 bits per heavy atom. The highest BCUT2D eigenvalue weighted by Gasteiger charge is 2.44. The van der Waals surface area contributed by atoms with Crippen molar-refractivity contribution in [2.24, 2.45) is 17.8 Å². The number of carboxylic acids is 1. The summed E-state index contributed by atoms with van der Waals surface area (Å²) >= 11 is 0. The summed E-state index contributed by atoms with van der Waals surface area (Å²) in [6.45, 7) is 4.81. The van der Waals surface area contributed by atoms with Crippen LogP contribution >= 0.6 is 0 Å². The molecular formula is C16H27NO3. The van der Waals surface area contributed by atoms with Crippen LogP contribution in [0.2, 0.25) is 0 Å². The molecule has 2 fully saturated rings. The van der Waals surface area contributed by atoms with Crippen molar-refractivity contribution in [2.45, 2.75) is 64.8 Å². The number of aliphatic carboxylic acids is 1. The topological polar surface area (TPSA) is 57.6 Å². The largest absolute Gasteiger partial charge is 0.481 e. The highest BCUT2D eigenvalue weighted by atomic mass is 16.4. The predicted octanol–water partition coefficient (Wildman–Crippen LogP) is 2.91. The molecule has 4 heteroatoms. The molecule has 0 radical (unpaired) electrons. The Bertz CT molecular complexity index is 363. The van der Waals surface area contributed by atoms with Crippen LogP contribution < -0.4 is 0 Å². The van der Waals surface area contributed by atoms with Gasteiger partial charge >= 0.3 is 5.97 Å². The van der Waals surface area contributed by atoms with Crippen molar-refractivity contribution in [1.82, 2.24) is 4.90 Å². The lowest BCUT2D eigenvalue weighted by molar-refractivity contribution is -0.150. The average Bonchev–Trinajstić information content (AvgIpc) is 3.08. The van der Waals surface area contributed by atoms with E-state index in [9.17, 15) is 14.7 Å². The van der Waals surface area contributed by atoms with Crippen LogP contribution in [-0.4, -0.2) is 34.5 Å². The first kappa shape index (κ1) is 15.3. The molecule has 0 heterocycles. The molecule has 0 aromatic rings. The first-order chi connectivity index (χ1) is 9.58. The SMILES string of the molecule is CCC1CC(C(=O)O)C(C(=O)N(CC)C2CCCC2)C1. The second-order valence-electron chi connectivity index (χ2n) is 6.36. The Morgan fingerprint density at radius 2 is 1.70 bits per heavy atom. The Balaban J connectivity index is 2.10. The number of nitrogens with zero attached hydrogens (tertiary/aromatic N) is 1. The molecule has 0 spiro atoms. The van der Waals surface area contributed by atoms with Crippen molar-refractivity contribution >= 4 is 11.9 Å². The third-order valence-corrected chi connectivity index (χ3v) is 5.26. The zero-order chi connectivity index (χ0) is 14.7. The molecule has 0 saturated heterocycles. The molecule has 0 bridgehead atoms. The molecule has 1 N–H and O–H groups in total. The molecule has 2 rings (SSSR count). The van der Waals surface area contributed by atoms with E-state index in [1.807, 2.05) is 11.8 Å². The lowest BCUT2D eigenvalue weighted by Crippen LogP contribution is -2.44. The Hall–Kier alpha value is -1.06. The number of hydrogen-bond donors (Lipinski definition) is 1. The van der Waals surface area contributed by atoms with E-state index in [0.717, 1.165) is 25.7 Å². The van der Waals surface area contributed by atoms with Crippen LogP contribution in [0.1, 0.15) is 58.8 Å². The van der Waals surface area contributed by atoms with Crippen LogP contribution in [0.15, 0.2) is 0 Å². The molecule has 20 heavy (non-hydrogen) atoms. The van der Waals surface area contributed by atoms with Crippen molar-refractivity contribution in [3.63, 3.8) is 0 Å². The summed E-state index contributed by atoms with van der Waals surface area (Å²) < 4.78 is 0. The minimum atomic E-state index is -0.790. The summed E-state index contributed by atoms with van der Waals surface area (Å²) in [5.41, 5.74) is 0. The molecule has 0 aromatic carbocycles. The van der Waals surface area contributed by atoms with Crippen molar-refractivity contribution in [2.75, 3.05) is 6.54 Å². The molecule has 4 nitrogen and oxygen atoms in total. The van der Waals surface area contributed by atoms with Gasteiger partial charge in [-0.25, -0.2) is 0 Å². The lowest BCUT2D eigenvalue weighted by atomic mass is 9.94. The van der Waals surface area contributed by atoms with E-state index in [-0.39, 0.29) is 11.8 Å². The van der Waals surface area contributed by atoms with E-state index < -0.39 is 11.9 Å². The van der Waals surface area contributed by atoms with Gasteiger partial charge in [0.05, 0.1) is 11.8 Å². The van der Waals surface area contributed by atoms with Crippen LogP contribution in [0.3, 0.4) is 0 Å². The lowest BCUT2D eigenvalue weighted by Gasteiger charge is -2.31. The van der Waals surface area contributed by atoms with Gasteiger partial charge in [-0.15, -0.1) is 0 Å². The van der Waals surface area contributed by atoms with Crippen LogP contribution in [0.5, 0.6) is 0 Å². The quantitative estimate of drug-likeness (QED) is 0.843. The van der Waals surface area contributed by atoms with E-state index in [0.29, 0.717) is 24.9 Å². The van der Waals surface area contributed by atoms with E-state index >= 15 is 0 Å². The first-order valence-electron chi connectivity index (χ1n) is 8.11. The number of carbonyl (C=O) groups is 2. The summed E-state index contributed by atoms with van der Waals surface area (Å²) in [5.74, 6) is -1.06. The second kappa shape index (κ2) is 6.59. The third-order valence-electron chi connectivity index (χ3n) is 5.26. The zero-order valence-corrected chi connectivity index (χ0v) is 12.7. The maximum absolute atomic E-state index is 12.8. The molecular weight excluding hydrogens is 254 g/mol. The smallest absolute Gasteiger partial charge is 0.307 e. The van der Waals surface area contributed by atoms with Gasteiger partial charge in [0.1, 0.15) is 0 Å². The van der Waals surface area contributed by atoms with Gasteiger partial charge in [0, 0.05) is 12.6 Å². The average molecular weight is 281 g/mol. The molecule has 3 unspecified atom stereocenters. The summed E-state index contributed by atoms with van der Waals surface area (Å²) in [7, 11) is 0. The van der Waals surface area contributed by atoms with Gasteiger partial charge in [-0.05, 0) is 38.5 Å². The highest BCUT2D eigenvalue weighted by Crippen LogP contribution is 2.40. The standard InChI is InChI=1S/C16H27NO3/c1-3-11-9-13(14(10-11)16(19)20)15(18)17(4-2)12-7-5-6-8-12/h11-14H,3-10H2,1-2H3,(H,19,20). The van der Waals surface area contributed by atoms with E-state index in [1.54, 1.807) is 0 Å². The number of carbonyl (C=O) groups excluding carboxylic acids is 1. The minimum absolute atomic E-state index is 0.0998. The van der Waals surface area contributed by atoms with Gasteiger partial charge in [-0.3, -0.25) is 9.59 Å². The van der Waals surface area contributed by atoms with E-state index in [2.05, 4.69) is 6.92 Å². The molecule has 2 aliphatic rings. The van der Waals surface area contributed by atoms with Gasteiger partial charge in [0.25, 0.3) is 0 Å². The third kappa shape index (κ3) is 2.99. The maximum Gasteiger partial charge on any atom is 0.307 e. The minimum Gasteiger partial charge on any atom is -0.481 e. The van der Waals surface area contributed by atoms with E-state index in [1.165, 1.54) is 12.8 Å². The predicted molar refractivity (Wildman–Crippen MR) is 77.3 cm³/mol. The van der Waals surface area contributed by atoms with Crippen LogP contribution in [0.25, 0.3) is 0 Å². The molecule has 1 amide bonds. The number of carboxylic acid groups (broad SMARTS) is 1. The molecule has 2 aliphatic carbocycles. The fourth-order valence-electron chi connectivity index (χ4n) is 4.05. The van der Waals surface area contributed by atoms with Crippen molar-refractivity contribution in [3.05, 3.63) is 0 Å². The van der Waals surface area contributed by atoms with Crippen LogP contribution in [0, 0.1) is 17.8 Å². The Kier molecular flexibility index (Phi) is 5.06. The molecule has 2 saturated carbocycles. The summed E-state index contributed by atoms with van der Waals surface area (Å²) in [6.07, 6.45) is 6.96. The Labute approximate surface area is 121 Å². The maximum atomic E-state index is 12.8. The number of amides is 1. The molecule has 0 aromatic heterocycles. The van der Waals surface area contributed by atoms with Crippen LogP contribution in [-0.2, 0) is 9.59 Å². The van der Waals surface area contributed by atoms with Crippen molar-refractivity contribution in [3.8, 4) is 0 Å². The van der Waals surface area contributed by atoms with Gasteiger partial charge < -0.3 is 10.0 Å². The molecule has 3 atom stereocenters.